The van der Waals surface area contributed by atoms with Crippen LogP contribution < -0.4 is 10.9 Å². The number of nitrogens with one attached hydrogen (secondary N) is 1. The van der Waals surface area contributed by atoms with Crippen molar-refractivity contribution in [2.75, 3.05) is 0 Å². The molecular formula is C8H21F6N2P. The van der Waals surface area contributed by atoms with E-state index in [0.29, 0.717) is 0 Å². The first-order chi connectivity index (χ1) is 6.66. The van der Waals surface area contributed by atoms with Crippen molar-refractivity contribution in [2.24, 2.45) is 0 Å². The predicted molar refractivity (Wildman–Crippen MR) is 58.1 cm³/mol. The van der Waals surface area contributed by atoms with Gasteiger partial charge in [0.25, 0.3) is 0 Å². The Bertz CT molecular complexity index is 218. The number of quaternary nitrogens is 1. The van der Waals surface area contributed by atoms with Crippen molar-refractivity contribution in [1.29, 1.82) is 0 Å². The van der Waals surface area contributed by atoms with Gasteiger partial charge in [-0.2, -0.15) is 5.43 Å². The van der Waals surface area contributed by atoms with Crippen LogP contribution in [-0.4, -0.2) is 11.1 Å². The average molecular weight is 290 g/mol. The first-order valence-electron chi connectivity index (χ1n) is 4.84. The summed E-state index contributed by atoms with van der Waals surface area (Å²) in [5.41, 5.74) is 5.96. The second-order valence-electron chi connectivity index (χ2n) is 5.86. The molecule has 110 valence electrons. The third-order valence-corrected chi connectivity index (χ3v) is 0.938. The van der Waals surface area contributed by atoms with Crippen molar-refractivity contribution in [1.82, 2.24) is 5.43 Å². The molecule has 0 spiro atoms. The number of hydrogen-bond acceptors (Lipinski definition) is 1. The Hall–Kier alpha value is -0.0700. The van der Waals surface area contributed by atoms with E-state index in [1.54, 1.807) is 0 Å². The molecule has 0 aromatic rings. The molecule has 0 heterocycles. The molecule has 0 unspecified atom stereocenters. The Morgan fingerprint density at radius 3 is 1.06 bits per heavy atom. The summed E-state index contributed by atoms with van der Waals surface area (Å²) in [4.78, 5) is 0. The van der Waals surface area contributed by atoms with Gasteiger partial charge >= 0.3 is 33.0 Å². The van der Waals surface area contributed by atoms with Crippen LogP contribution in [0.25, 0.3) is 0 Å². The van der Waals surface area contributed by atoms with Crippen LogP contribution in [0.2, 0.25) is 0 Å². The van der Waals surface area contributed by atoms with E-state index in [9.17, 15) is 25.2 Å². The quantitative estimate of drug-likeness (QED) is 0.324. The monoisotopic (exact) mass is 290 g/mol. The van der Waals surface area contributed by atoms with Gasteiger partial charge in [0.05, 0.1) is 5.54 Å². The standard InChI is InChI=1S/C8H20N2.F6P/c1-7(2,3)9-10-8(4,5)6;1-7(2,3,4,5)6/h9-10H,1-6H3;/q;-1/p+1. The number of nitrogens with two attached hydrogens (primary N) is 1. The Labute approximate surface area is 97.4 Å². The van der Waals surface area contributed by atoms with Gasteiger partial charge in [0.1, 0.15) is 5.54 Å². The second kappa shape index (κ2) is 4.24. The molecule has 9 heteroatoms. The molecule has 0 saturated heterocycles. The van der Waals surface area contributed by atoms with E-state index >= 15 is 0 Å². The van der Waals surface area contributed by atoms with Crippen LogP contribution in [0.1, 0.15) is 41.5 Å². The molecule has 0 aliphatic rings. The molecular weight excluding hydrogens is 269 g/mol. The number of rotatable bonds is 1. The number of halogens is 6. The fourth-order valence-corrected chi connectivity index (χ4v) is 0.433. The summed E-state index contributed by atoms with van der Waals surface area (Å²) < 4.78 is 59.2. The van der Waals surface area contributed by atoms with Gasteiger partial charge in [0, 0.05) is 0 Å². The molecule has 3 N–H and O–H groups in total. The minimum absolute atomic E-state index is 0.202. The molecule has 0 aromatic heterocycles. The van der Waals surface area contributed by atoms with Crippen LogP contribution in [0.15, 0.2) is 0 Å². The van der Waals surface area contributed by atoms with Crippen LogP contribution in [-0.2, 0) is 0 Å². The first kappa shape index (κ1) is 19.3. The first-order valence-corrected chi connectivity index (χ1v) is 6.87. The molecule has 0 atom stereocenters. The van der Waals surface area contributed by atoms with E-state index in [0.717, 1.165) is 0 Å². The van der Waals surface area contributed by atoms with Crippen LogP contribution >= 0.6 is 7.81 Å². The van der Waals surface area contributed by atoms with Gasteiger partial charge in [0.15, 0.2) is 0 Å². The normalized spacial score (nSPS) is 17.6. The molecule has 0 aliphatic carbocycles. The zero-order chi connectivity index (χ0) is 14.8. The van der Waals surface area contributed by atoms with E-state index in [1.165, 1.54) is 0 Å². The summed E-state index contributed by atoms with van der Waals surface area (Å²) in [6, 6.07) is 0. The fraction of sp³-hybridized carbons (Fsp3) is 1.00. The number of hydrogen-bond donors (Lipinski definition) is 2. The van der Waals surface area contributed by atoms with E-state index < -0.39 is 7.81 Å². The summed E-state index contributed by atoms with van der Waals surface area (Å²) in [6.07, 6.45) is 0. The average Bonchev–Trinajstić information content (AvgIpc) is 1.72. The van der Waals surface area contributed by atoms with E-state index in [-0.39, 0.29) is 11.1 Å². The molecule has 0 amide bonds. The van der Waals surface area contributed by atoms with E-state index in [4.69, 9.17) is 0 Å². The van der Waals surface area contributed by atoms with Gasteiger partial charge in [-0.15, -0.1) is 0 Å². The van der Waals surface area contributed by atoms with Gasteiger partial charge < -0.3 is 0 Å². The molecule has 0 aliphatic heterocycles. The fourth-order valence-electron chi connectivity index (χ4n) is 0.433. The molecule has 0 bridgehead atoms. The zero-order valence-corrected chi connectivity index (χ0v) is 11.7. The molecule has 0 fully saturated rings. The third-order valence-electron chi connectivity index (χ3n) is 0.938. The van der Waals surface area contributed by atoms with Gasteiger partial charge in [-0.1, -0.05) is 0 Å². The Balaban J connectivity index is 0. The van der Waals surface area contributed by atoms with Gasteiger partial charge in [-0.25, -0.2) is 0 Å². The maximum absolute atomic E-state index is 10.7. The predicted octanol–water partition coefficient (Wildman–Crippen LogP) is 4.03. The van der Waals surface area contributed by atoms with Crippen LogP contribution in [0.3, 0.4) is 0 Å². The Morgan fingerprint density at radius 1 is 0.765 bits per heavy atom. The van der Waals surface area contributed by atoms with Crippen molar-refractivity contribution in [3.05, 3.63) is 0 Å². The molecule has 17 heavy (non-hydrogen) atoms. The third kappa shape index (κ3) is 64.4. The van der Waals surface area contributed by atoms with Crippen molar-refractivity contribution in [3.63, 3.8) is 0 Å². The summed E-state index contributed by atoms with van der Waals surface area (Å²) in [6.45, 7) is 13.0. The summed E-state index contributed by atoms with van der Waals surface area (Å²) in [5, 5.41) is 0. The Kier molecular flexibility index (Phi) is 4.81. The van der Waals surface area contributed by atoms with Crippen LogP contribution in [0.4, 0.5) is 25.2 Å². The molecule has 2 nitrogen and oxygen atoms in total. The summed E-state index contributed by atoms with van der Waals surface area (Å²) in [7, 11) is -10.7. The minimum atomic E-state index is -10.7. The van der Waals surface area contributed by atoms with Crippen molar-refractivity contribution < 1.29 is 30.6 Å². The van der Waals surface area contributed by atoms with Crippen molar-refractivity contribution >= 4 is 7.81 Å². The summed E-state index contributed by atoms with van der Waals surface area (Å²) in [5.74, 6) is 0. The maximum atomic E-state index is 9.87. The van der Waals surface area contributed by atoms with Crippen LogP contribution in [0, 0.1) is 0 Å². The zero-order valence-electron chi connectivity index (χ0n) is 10.8. The Morgan fingerprint density at radius 2 is 1.00 bits per heavy atom. The van der Waals surface area contributed by atoms with Crippen molar-refractivity contribution in [3.8, 4) is 0 Å². The summed E-state index contributed by atoms with van der Waals surface area (Å²) >= 11 is 0. The second-order valence-corrected chi connectivity index (χ2v) is 7.78. The molecule has 0 rings (SSSR count). The topological polar surface area (TPSA) is 28.6 Å². The molecule has 0 radical (unpaired) electrons. The van der Waals surface area contributed by atoms with Gasteiger partial charge in [-0.05, 0) is 41.5 Å². The van der Waals surface area contributed by atoms with Gasteiger partial charge in [-0.3, -0.25) is 5.43 Å². The molecule has 0 saturated carbocycles. The van der Waals surface area contributed by atoms with Gasteiger partial charge in [0.2, 0.25) is 0 Å². The van der Waals surface area contributed by atoms with Crippen LogP contribution in [0.5, 0.6) is 0 Å². The van der Waals surface area contributed by atoms with E-state index in [1.807, 2.05) is 0 Å². The van der Waals surface area contributed by atoms with E-state index in [2.05, 4.69) is 52.4 Å². The molecule has 0 aromatic carbocycles. The SMILES string of the molecule is CC(C)(C)N[NH2+]C(C)(C)C.F[P-](F)(F)(F)(F)F. The van der Waals surface area contributed by atoms with Crippen molar-refractivity contribution in [2.45, 2.75) is 52.6 Å².